The summed E-state index contributed by atoms with van der Waals surface area (Å²) < 4.78 is 11.6. The lowest BCUT2D eigenvalue weighted by atomic mass is 9.82. The minimum absolute atomic E-state index is 0.205. The SMILES string of the molecule is Cc1cc(O[C@H](C)C(=O)NCC2CCC(C(=O)O)CC2)c2c3c(c(=O)oc2c1)CCC3. The van der Waals surface area contributed by atoms with Gasteiger partial charge in [0.2, 0.25) is 0 Å². The Morgan fingerprint density at radius 1 is 1.19 bits per heavy atom. The van der Waals surface area contributed by atoms with E-state index in [4.69, 9.17) is 14.3 Å². The van der Waals surface area contributed by atoms with Crippen LogP contribution in [0.15, 0.2) is 21.3 Å². The number of carboxylic acids is 1. The van der Waals surface area contributed by atoms with Crippen molar-refractivity contribution in [1.29, 1.82) is 0 Å². The number of hydrogen-bond donors (Lipinski definition) is 2. The second-order valence-corrected chi connectivity index (χ2v) is 8.90. The molecule has 31 heavy (non-hydrogen) atoms. The van der Waals surface area contributed by atoms with Crippen LogP contribution in [0.3, 0.4) is 0 Å². The van der Waals surface area contributed by atoms with Gasteiger partial charge in [-0.2, -0.15) is 0 Å². The van der Waals surface area contributed by atoms with E-state index in [9.17, 15) is 14.4 Å². The summed E-state index contributed by atoms with van der Waals surface area (Å²) >= 11 is 0. The van der Waals surface area contributed by atoms with E-state index in [0.717, 1.165) is 47.8 Å². The molecule has 0 bridgehead atoms. The van der Waals surface area contributed by atoms with Crippen molar-refractivity contribution >= 4 is 22.8 Å². The molecule has 2 aliphatic carbocycles. The molecule has 2 aromatic rings. The average Bonchev–Trinajstić information content (AvgIpc) is 3.22. The van der Waals surface area contributed by atoms with E-state index < -0.39 is 12.1 Å². The first-order valence-corrected chi connectivity index (χ1v) is 11.1. The summed E-state index contributed by atoms with van der Waals surface area (Å²) in [6.07, 6.45) is 4.65. The van der Waals surface area contributed by atoms with Crippen molar-refractivity contribution in [3.8, 4) is 5.75 Å². The fourth-order valence-corrected chi connectivity index (χ4v) is 4.84. The van der Waals surface area contributed by atoms with Crippen LogP contribution in [0.25, 0.3) is 11.0 Å². The summed E-state index contributed by atoms with van der Waals surface area (Å²) in [7, 11) is 0. The fraction of sp³-hybridized carbons (Fsp3) is 0.542. The predicted octanol–water partition coefficient (Wildman–Crippen LogP) is 3.36. The summed E-state index contributed by atoms with van der Waals surface area (Å²) in [6, 6.07) is 3.72. The smallest absolute Gasteiger partial charge is 0.339 e. The number of benzene rings is 1. The Morgan fingerprint density at radius 2 is 1.90 bits per heavy atom. The van der Waals surface area contributed by atoms with Crippen LogP contribution in [0.5, 0.6) is 5.75 Å². The van der Waals surface area contributed by atoms with Crippen molar-refractivity contribution in [1.82, 2.24) is 5.32 Å². The molecule has 1 aromatic heterocycles. The molecule has 1 aromatic carbocycles. The van der Waals surface area contributed by atoms with Gasteiger partial charge in [-0.25, -0.2) is 4.79 Å². The Morgan fingerprint density at radius 3 is 2.61 bits per heavy atom. The number of fused-ring (bicyclic) bond motifs is 3. The number of carbonyl (C=O) groups is 2. The maximum absolute atomic E-state index is 12.7. The summed E-state index contributed by atoms with van der Waals surface area (Å²) in [6.45, 7) is 4.14. The van der Waals surface area contributed by atoms with E-state index >= 15 is 0 Å². The summed E-state index contributed by atoms with van der Waals surface area (Å²) in [4.78, 5) is 36.0. The number of nitrogens with one attached hydrogen (secondary N) is 1. The largest absolute Gasteiger partial charge is 0.481 e. The number of carbonyl (C=O) groups excluding carboxylic acids is 1. The number of ether oxygens (including phenoxy) is 1. The first-order chi connectivity index (χ1) is 14.8. The minimum atomic E-state index is -0.725. The van der Waals surface area contributed by atoms with Gasteiger partial charge in [0.25, 0.3) is 5.91 Å². The Bertz CT molecular complexity index is 1060. The van der Waals surface area contributed by atoms with Gasteiger partial charge in [-0.05, 0) is 88.0 Å². The van der Waals surface area contributed by atoms with E-state index in [2.05, 4.69) is 5.32 Å². The van der Waals surface area contributed by atoms with Crippen LogP contribution >= 0.6 is 0 Å². The summed E-state index contributed by atoms with van der Waals surface area (Å²) in [5, 5.41) is 12.9. The van der Waals surface area contributed by atoms with Crippen molar-refractivity contribution < 1.29 is 23.8 Å². The Hall–Kier alpha value is -2.83. The third kappa shape index (κ3) is 4.45. The van der Waals surface area contributed by atoms with Crippen LogP contribution in [0.1, 0.15) is 55.7 Å². The highest BCUT2D eigenvalue weighted by atomic mass is 16.5. The van der Waals surface area contributed by atoms with Gasteiger partial charge in [0, 0.05) is 12.1 Å². The van der Waals surface area contributed by atoms with Crippen molar-refractivity contribution in [3.63, 3.8) is 0 Å². The molecule has 1 fully saturated rings. The molecule has 7 heteroatoms. The Kier molecular flexibility index (Phi) is 6.03. The molecule has 0 spiro atoms. The Labute approximate surface area is 180 Å². The zero-order chi connectivity index (χ0) is 22.1. The van der Waals surface area contributed by atoms with Gasteiger partial charge >= 0.3 is 11.6 Å². The zero-order valence-electron chi connectivity index (χ0n) is 18.0. The lowest BCUT2D eigenvalue weighted by Crippen LogP contribution is -2.39. The maximum atomic E-state index is 12.7. The van der Waals surface area contributed by atoms with E-state index in [1.165, 1.54) is 0 Å². The van der Waals surface area contributed by atoms with Crippen LogP contribution in [-0.4, -0.2) is 29.6 Å². The molecule has 0 radical (unpaired) electrons. The molecule has 4 rings (SSSR count). The summed E-state index contributed by atoms with van der Waals surface area (Å²) in [5.41, 5.74) is 2.81. The van der Waals surface area contributed by atoms with Crippen LogP contribution in [0, 0.1) is 18.8 Å². The molecule has 166 valence electrons. The number of hydrogen-bond acceptors (Lipinski definition) is 5. The highest BCUT2D eigenvalue weighted by Gasteiger charge is 2.27. The molecule has 0 aliphatic heterocycles. The van der Waals surface area contributed by atoms with E-state index in [1.54, 1.807) is 6.92 Å². The first kappa shape index (κ1) is 21.4. The lowest BCUT2D eigenvalue weighted by Gasteiger charge is -2.26. The highest BCUT2D eigenvalue weighted by molar-refractivity contribution is 5.89. The molecule has 1 amide bonds. The molecule has 2 aliphatic rings. The highest BCUT2D eigenvalue weighted by Crippen LogP contribution is 2.35. The topological polar surface area (TPSA) is 106 Å². The molecular weight excluding hydrogens is 398 g/mol. The molecule has 2 N–H and O–H groups in total. The molecule has 1 heterocycles. The monoisotopic (exact) mass is 427 g/mol. The minimum Gasteiger partial charge on any atom is -0.481 e. The molecule has 7 nitrogen and oxygen atoms in total. The third-order valence-corrected chi connectivity index (χ3v) is 6.61. The average molecular weight is 427 g/mol. The van der Waals surface area contributed by atoms with Crippen molar-refractivity contribution in [3.05, 3.63) is 39.2 Å². The van der Waals surface area contributed by atoms with Gasteiger partial charge in [0.15, 0.2) is 6.10 Å². The number of aryl methyl sites for hydroxylation is 2. The van der Waals surface area contributed by atoms with E-state index in [0.29, 0.717) is 43.1 Å². The first-order valence-electron chi connectivity index (χ1n) is 11.1. The molecule has 1 atom stereocenters. The number of amides is 1. The molecule has 0 saturated heterocycles. The predicted molar refractivity (Wildman–Crippen MR) is 115 cm³/mol. The number of carboxylic acid groups (broad SMARTS) is 1. The van der Waals surface area contributed by atoms with Crippen LogP contribution in [0.2, 0.25) is 0 Å². The maximum Gasteiger partial charge on any atom is 0.339 e. The van der Waals surface area contributed by atoms with Crippen LogP contribution < -0.4 is 15.7 Å². The van der Waals surface area contributed by atoms with Gasteiger partial charge in [0.05, 0.1) is 11.3 Å². The lowest BCUT2D eigenvalue weighted by molar-refractivity contribution is -0.143. The standard InChI is InChI=1S/C24H29NO6/c1-13-10-19(21-17-4-3-5-18(17)24(29)31-20(21)11-13)30-14(2)22(26)25-12-15-6-8-16(9-7-15)23(27)28/h10-11,14-16H,3-9,12H2,1-2H3,(H,25,26)(H,27,28)/t14-,15?,16?/m1/s1. The molecule has 1 saturated carbocycles. The van der Waals surface area contributed by atoms with Gasteiger partial charge in [-0.1, -0.05) is 0 Å². The third-order valence-electron chi connectivity index (χ3n) is 6.61. The number of rotatable bonds is 6. The van der Waals surface area contributed by atoms with Gasteiger partial charge in [-0.3, -0.25) is 9.59 Å². The second kappa shape index (κ2) is 8.73. The fourth-order valence-electron chi connectivity index (χ4n) is 4.84. The van der Waals surface area contributed by atoms with Crippen LogP contribution in [0.4, 0.5) is 0 Å². The van der Waals surface area contributed by atoms with Crippen LogP contribution in [-0.2, 0) is 22.4 Å². The van der Waals surface area contributed by atoms with E-state index in [-0.39, 0.29) is 17.5 Å². The second-order valence-electron chi connectivity index (χ2n) is 8.90. The van der Waals surface area contributed by atoms with Crippen molar-refractivity contribution in [2.24, 2.45) is 11.8 Å². The number of aliphatic carboxylic acids is 1. The van der Waals surface area contributed by atoms with Crippen molar-refractivity contribution in [2.45, 2.75) is 64.9 Å². The molecular formula is C24H29NO6. The normalized spacial score (nSPS) is 21.5. The van der Waals surface area contributed by atoms with Gasteiger partial charge in [-0.15, -0.1) is 0 Å². The van der Waals surface area contributed by atoms with Gasteiger partial charge < -0.3 is 19.6 Å². The van der Waals surface area contributed by atoms with Crippen molar-refractivity contribution in [2.75, 3.05) is 6.54 Å². The summed E-state index contributed by atoms with van der Waals surface area (Å²) in [5.74, 6) is -0.322. The Balaban J connectivity index is 1.44. The zero-order valence-corrected chi connectivity index (χ0v) is 18.0. The van der Waals surface area contributed by atoms with Gasteiger partial charge in [0.1, 0.15) is 11.3 Å². The van der Waals surface area contributed by atoms with E-state index in [1.807, 2.05) is 19.1 Å². The quantitative estimate of drug-likeness (QED) is 0.685. The molecule has 0 unspecified atom stereocenters.